The van der Waals surface area contributed by atoms with Crippen molar-refractivity contribution in [2.75, 3.05) is 6.54 Å². The third-order valence-corrected chi connectivity index (χ3v) is 4.23. The van der Waals surface area contributed by atoms with Crippen LogP contribution < -0.4 is 5.32 Å². The van der Waals surface area contributed by atoms with Gasteiger partial charge in [-0.05, 0) is 54.4 Å². The third kappa shape index (κ3) is 4.57. The monoisotopic (exact) mass is 391 g/mol. The zero-order valence-corrected chi connectivity index (χ0v) is 14.9. The fraction of sp³-hybridized carbons (Fsp3) is 0.200. The maximum absolute atomic E-state index is 13.0. The zero-order valence-electron chi connectivity index (χ0n) is 14.9. The Morgan fingerprint density at radius 1 is 1.07 bits per heavy atom. The zero-order chi connectivity index (χ0) is 20.3. The number of benzene rings is 2. The van der Waals surface area contributed by atoms with Crippen LogP contribution in [0.3, 0.4) is 0 Å². The van der Waals surface area contributed by atoms with Crippen LogP contribution in [0.5, 0.6) is 0 Å². The highest BCUT2D eigenvalue weighted by Crippen LogP contribution is 2.29. The van der Waals surface area contributed by atoms with Gasteiger partial charge >= 0.3 is 6.18 Å². The summed E-state index contributed by atoms with van der Waals surface area (Å²) in [6.45, 7) is 0.265. The van der Waals surface area contributed by atoms with Crippen molar-refractivity contribution in [3.05, 3.63) is 77.2 Å². The van der Waals surface area contributed by atoms with E-state index in [4.69, 9.17) is 0 Å². The fourth-order valence-corrected chi connectivity index (χ4v) is 2.71. The first-order chi connectivity index (χ1) is 13.2. The molecular weight excluding hydrogens is 374 g/mol. The van der Waals surface area contributed by atoms with E-state index in [9.17, 15) is 22.4 Å². The van der Waals surface area contributed by atoms with Crippen LogP contribution in [0.15, 0.2) is 54.6 Å². The molecule has 0 radical (unpaired) electrons. The molecule has 1 heterocycles. The molecule has 0 saturated heterocycles. The highest BCUT2D eigenvalue weighted by Gasteiger charge is 2.29. The summed E-state index contributed by atoms with van der Waals surface area (Å²) < 4.78 is 52.1. The molecule has 1 amide bonds. The Kier molecular flexibility index (Phi) is 5.48. The minimum absolute atomic E-state index is 0.265. The van der Waals surface area contributed by atoms with E-state index in [1.807, 2.05) is 0 Å². The van der Waals surface area contributed by atoms with Crippen LogP contribution in [0.4, 0.5) is 17.6 Å². The summed E-state index contributed by atoms with van der Waals surface area (Å²) in [5, 5.41) is 6.98. The van der Waals surface area contributed by atoms with Crippen LogP contribution in [0, 0.1) is 5.82 Å². The summed E-state index contributed by atoms with van der Waals surface area (Å²) in [4.78, 5) is 12.4. The first kappa shape index (κ1) is 19.6. The summed E-state index contributed by atoms with van der Waals surface area (Å²) >= 11 is 0. The van der Waals surface area contributed by atoms with E-state index in [-0.39, 0.29) is 18.3 Å². The molecule has 1 aromatic heterocycles. The van der Waals surface area contributed by atoms with Crippen LogP contribution >= 0.6 is 0 Å². The average Bonchev–Trinajstić information content (AvgIpc) is 3.04. The summed E-state index contributed by atoms with van der Waals surface area (Å²) in [6, 6.07) is 12.2. The van der Waals surface area contributed by atoms with Gasteiger partial charge in [0.05, 0.1) is 11.3 Å². The van der Waals surface area contributed by atoms with Crippen molar-refractivity contribution in [2.24, 2.45) is 7.05 Å². The lowest BCUT2D eigenvalue weighted by atomic mass is 10.1. The van der Waals surface area contributed by atoms with Crippen LogP contribution in [0.2, 0.25) is 0 Å². The number of nitrogens with one attached hydrogen (secondary N) is 1. The molecule has 0 aliphatic rings. The van der Waals surface area contributed by atoms with Gasteiger partial charge in [-0.1, -0.05) is 12.1 Å². The summed E-state index contributed by atoms with van der Waals surface area (Å²) in [6.07, 6.45) is -3.97. The van der Waals surface area contributed by atoms with E-state index < -0.39 is 11.7 Å². The van der Waals surface area contributed by atoms with Gasteiger partial charge in [0.15, 0.2) is 0 Å². The maximum atomic E-state index is 13.0. The molecule has 2 aromatic carbocycles. The van der Waals surface area contributed by atoms with Crippen LogP contribution in [-0.4, -0.2) is 22.2 Å². The molecule has 0 atom stereocenters. The van der Waals surface area contributed by atoms with Gasteiger partial charge < -0.3 is 5.32 Å². The minimum atomic E-state index is -4.37. The van der Waals surface area contributed by atoms with Gasteiger partial charge in [-0.25, -0.2) is 4.39 Å². The minimum Gasteiger partial charge on any atom is -0.350 e. The number of rotatable bonds is 5. The highest BCUT2D eigenvalue weighted by molar-refractivity contribution is 5.93. The number of nitrogens with zero attached hydrogens (tertiary/aromatic N) is 2. The number of halogens is 4. The molecule has 28 heavy (non-hydrogen) atoms. The smallest absolute Gasteiger partial charge is 0.350 e. The van der Waals surface area contributed by atoms with Crippen molar-refractivity contribution in [3.63, 3.8) is 0 Å². The summed E-state index contributed by atoms with van der Waals surface area (Å²) in [5.74, 6) is -0.712. The second kappa shape index (κ2) is 7.84. The number of alkyl halides is 3. The van der Waals surface area contributed by atoms with Crippen molar-refractivity contribution in [3.8, 4) is 11.3 Å². The summed E-state index contributed by atoms with van der Waals surface area (Å²) in [7, 11) is 1.62. The topological polar surface area (TPSA) is 46.9 Å². The molecule has 0 bridgehead atoms. The molecule has 0 saturated carbocycles. The fourth-order valence-electron chi connectivity index (χ4n) is 2.71. The van der Waals surface area contributed by atoms with Crippen molar-refractivity contribution in [1.29, 1.82) is 0 Å². The number of carbonyl (C=O) groups is 1. The SMILES string of the molecule is Cn1nc(-c2ccc(F)cc2)cc1C(=O)NCCc1ccc(C(F)(F)F)cc1. The molecule has 4 nitrogen and oxygen atoms in total. The number of aryl methyl sites for hydroxylation is 1. The van der Waals surface area contributed by atoms with E-state index in [1.54, 1.807) is 25.2 Å². The van der Waals surface area contributed by atoms with E-state index in [2.05, 4.69) is 10.4 Å². The maximum Gasteiger partial charge on any atom is 0.416 e. The molecule has 1 N–H and O–H groups in total. The molecular formula is C20H17F4N3O. The molecule has 3 rings (SSSR count). The molecule has 0 aliphatic carbocycles. The standard InChI is InChI=1S/C20H17F4N3O/c1-27-18(12-17(26-27)14-4-8-16(21)9-5-14)19(28)25-11-10-13-2-6-15(7-3-13)20(22,23)24/h2-9,12H,10-11H2,1H3,(H,25,28). The van der Waals surface area contributed by atoms with Gasteiger partial charge in [-0.15, -0.1) is 0 Å². The first-order valence-electron chi connectivity index (χ1n) is 8.48. The Balaban J connectivity index is 1.60. The quantitative estimate of drug-likeness (QED) is 0.662. The molecule has 146 valence electrons. The highest BCUT2D eigenvalue weighted by atomic mass is 19.4. The van der Waals surface area contributed by atoms with Gasteiger partial charge in [0.2, 0.25) is 0 Å². The lowest BCUT2D eigenvalue weighted by Gasteiger charge is -2.08. The van der Waals surface area contributed by atoms with E-state index >= 15 is 0 Å². The lowest BCUT2D eigenvalue weighted by Crippen LogP contribution is -2.27. The Morgan fingerprint density at radius 3 is 2.32 bits per heavy atom. The van der Waals surface area contributed by atoms with Crippen molar-refractivity contribution in [1.82, 2.24) is 15.1 Å². The molecule has 8 heteroatoms. The van der Waals surface area contributed by atoms with E-state index in [1.165, 1.54) is 28.9 Å². The third-order valence-electron chi connectivity index (χ3n) is 4.23. The number of carbonyl (C=O) groups excluding carboxylic acids is 1. The Labute approximate surface area is 158 Å². The van der Waals surface area contributed by atoms with Crippen molar-refractivity contribution in [2.45, 2.75) is 12.6 Å². The number of hydrogen-bond acceptors (Lipinski definition) is 2. The number of hydrogen-bond donors (Lipinski definition) is 1. The molecule has 0 aliphatic heterocycles. The van der Waals surface area contributed by atoms with Crippen molar-refractivity contribution >= 4 is 5.91 Å². The largest absolute Gasteiger partial charge is 0.416 e. The lowest BCUT2D eigenvalue weighted by molar-refractivity contribution is -0.137. The van der Waals surface area contributed by atoms with Gasteiger partial charge in [0.25, 0.3) is 5.91 Å². The van der Waals surface area contributed by atoms with E-state index in [0.717, 1.165) is 12.1 Å². The first-order valence-corrected chi connectivity index (χ1v) is 8.48. The Morgan fingerprint density at radius 2 is 1.71 bits per heavy atom. The van der Waals surface area contributed by atoms with Crippen molar-refractivity contribution < 1.29 is 22.4 Å². The van der Waals surface area contributed by atoms with Gasteiger partial charge in [0.1, 0.15) is 11.5 Å². The van der Waals surface area contributed by atoms with Crippen LogP contribution in [0.25, 0.3) is 11.3 Å². The molecule has 0 spiro atoms. The number of amides is 1. The normalized spacial score (nSPS) is 11.5. The summed E-state index contributed by atoms with van der Waals surface area (Å²) in [5.41, 5.74) is 1.52. The second-order valence-electron chi connectivity index (χ2n) is 6.25. The van der Waals surface area contributed by atoms with Crippen LogP contribution in [-0.2, 0) is 19.6 Å². The predicted octanol–water partition coefficient (Wildman–Crippen LogP) is 4.22. The second-order valence-corrected chi connectivity index (χ2v) is 6.25. The molecule has 0 unspecified atom stereocenters. The van der Waals surface area contributed by atoms with Gasteiger partial charge in [-0.3, -0.25) is 9.48 Å². The number of aromatic nitrogens is 2. The van der Waals surface area contributed by atoms with Crippen LogP contribution in [0.1, 0.15) is 21.6 Å². The van der Waals surface area contributed by atoms with Gasteiger partial charge in [-0.2, -0.15) is 18.3 Å². The Bertz CT molecular complexity index is 961. The average molecular weight is 391 g/mol. The van der Waals surface area contributed by atoms with Gasteiger partial charge in [0, 0.05) is 19.2 Å². The molecule has 3 aromatic rings. The molecule has 0 fully saturated rings. The van der Waals surface area contributed by atoms with E-state index in [0.29, 0.717) is 28.9 Å². The predicted molar refractivity (Wildman–Crippen MR) is 96.1 cm³/mol. The Hall–Kier alpha value is -3.16.